The van der Waals surface area contributed by atoms with E-state index in [2.05, 4.69) is 33.3 Å². The van der Waals surface area contributed by atoms with Gasteiger partial charge in [0, 0.05) is 24.8 Å². The molecule has 1 aliphatic rings. The summed E-state index contributed by atoms with van der Waals surface area (Å²) in [4.78, 5) is 0. The van der Waals surface area contributed by atoms with Crippen molar-refractivity contribution in [2.24, 2.45) is 0 Å². The van der Waals surface area contributed by atoms with Crippen LogP contribution in [0.4, 0.5) is 0 Å². The van der Waals surface area contributed by atoms with E-state index < -0.39 is 0 Å². The first-order valence-corrected chi connectivity index (χ1v) is 7.87. The molecule has 2 rings (SSSR count). The molecule has 4 nitrogen and oxygen atoms in total. The molecule has 5 heteroatoms. The van der Waals surface area contributed by atoms with Gasteiger partial charge in [-0.15, -0.1) is 10.2 Å². The minimum absolute atomic E-state index is 0.585. The summed E-state index contributed by atoms with van der Waals surface area (Å²) < 4.78 is 2.29. The second-order valence-corrected chi connectivity index (χ2v) is 5.49. The first-order chi connectivity index (χ1) is 8.35. The van der Waals surface area contributed by atoms with Crippen molar-refractivity contribution in [3.8, 4) is 0 Å². The number of fused-ring (bicyclic) bond motifs is 1. The Balaban J connectivity index is 1.92. The molecule has 1 unspecified atom stereocenters. The van der Waals surface area contributed by atoms with E-state index in [1.54, 1.807) is 0 Å². The van der Waals surface area contributed by atoms with Crippen LogP contribution in [0.3, 0.4) is 0 Å². The maximum absolute atomic E-state index is 4.31. The van der Waals surface area contributed by atoms with Crippen LogP contribution in [0.25, 0.3) is 0 Å². The molecule has 0 spiro atoms. The Labute approximate surface area is 108 Å². The fourth-order valence-electron chi connectivity index (χ4n) is 2.26. The molecular weight excluding hydrogens is 232 g/mol. The van der Waals surface area contributed by atoms with Gasteiger partial charge in [-0.3, -0.25) is 0 Å². The number of hydrogen-bond acceptors (Lipinski definition) is 4. The average molecular weight is 254 g/mol. The quantitative estimate of drug-likeness (QED) is 0.841. The standard InChI is InChI=1S/C12H22N4S/c1-3-10(9-17-2)13-8-12-15-14-11-6-4-5-7-16(11)12/h10,13H,3-9H2,1-2H3. The lowest BCUT2D eigenvalue weighted by Crippen LogP contribution is -2.31. The normalized spacial score (nSPS) is 16.8. The minimum atomic E-state index is 0.585. The molecule has 0 radical (unpaired) electrons. The van der Waals surface area contributed by atoms with Gasteiger partial charge in [-0.05, 0) is 25.5 Å². The third-order valence-electron chi connectivity index (χ3n) is 3.35. The molecule has 1 N–H and O–H groups in total. The van der Waals surface area contributed by atoms with Crippen molar-refractivity contribution in [3.05, 3.63) is 11.6 Å². The highest BCUT2D eigenvalue weighted by Crippen LogP contribution is 2.14. The molecule has 0 bridgehead atoms. The molecule has 0 fully saturated rings. The Morgan fingerprint density at radius 3 is 3.06 bits per heavy atom. The number of nitrogens with zero attached hydrogens (tertiary/aromatic N) is 3. The second-order valence-electron chi connectivity index (χ2n) is 4.58. The summed E-state index contributed by atoms with van der Waals surface area (Å²) in [5.41, 5.74) is 0. The summed E-state index contributed by atoms with van der Waals surface area (Å²) in [6.45, 7) is 4.18. The maximum atomic E-state index is 4.31. The molecule has 1 aromatic rings. The predicted octanol–water partition coefficient (Wildman–Crippen LogP) is 1.85. The van der Waals surface area contributed by atoms with Gasteiger partial charge < -0.3 is 9.88 Å². The van der Waals surface area contributed by atoms with Gasteiger partial charge >= 0.3 is 0 Å². The molecule has 1 atom stereocenters. The summed E-state index contributed by atoms with van der Waals surface area (Å²) in [5.74, 6) is 3.45. The lowest BCUT2D eigenvalue weighted by Gasteiger charge is -2.18. The monoisotopic (exact) mass is 254 g/mol. The molecule has 0 aromatic carbocycles. The van der Waals surface area contributed by atoms with Crippen LogP contribution in [-0.4, -0.2) is 32.8 Å². The van der Waals surface area contributed by atoms with Crippen LogP contribution in [0.15, 0.2) is 0 Å². The zero-order valence-corrected chi connectivity index (χ0v) is 11.6. The highest BCUT2D eigenvalue weighted by atomic mass is 32.2. The lowest BCUT2D eigenvalue weighted by molar-refractivity contribution is 0.477. The van der Waals surface area contributed by atoms with E-state index >= 15 is 0 Å². The Bertz CT molecular complexity index is 350. The van der Waals surface area contributed by atoms with E-state index in [0.29, 0.717) is 6.04 Å². The molecule has 17 heavy (non-hydrogen) atoms. The van der Waals surface area contributed by atoms with Crippen molar-refractivity contribution >= 4 is 11.8 Å². The van der Waals surface area contributed by atoms with Crippen molar-refractivity contribution in [2.45, 2.75) is 51.7 Å². The predicted molar refractivity (Wildman–Crippen MR) is 72.3 cm³/mol. The van der Waals surface area contributed by atoms with Gasteiger partial charge in [-0.1, -0.05) is 6.92 Å². The molecule has 0 saturated carbocycles. The highest BCUT2D eigenvalue weighted by molar-refractivity contribution is 7.98. The van der Waals surface area contributed by atoms with E-state index in [0.717, 1.165) is 31.1 Å². The summed E-state index contributed by atoms with van der Waals surface area (Å²) in [6.07, 6.45) is 6.94. The Kier molecular flexibility index (Phi) is 4.86. The van der Waals surface area contributed by atoms with E-state index in [1.807, 2.05) is 11.8 Å². The van der Waals surface area contributed by atoms with Crippen LogP contribution < -0.4 is 5.32 Å². The third kappa shape index (κ3) is 3.22. The third-order valence-corrected chi connectivity index (χ3v) is 4.08. The number of nitrogens with one attached hydrogen (secondary N) is 1. The van der Waals surface area contributed by atoms with E-state index in [9.17, 15) is 0 Å². The second kappa shape index (κ2) is 6.40. The molecule has 1 aliphatic heterocycles. The molecule has 96 valence electrons. The summed E-state index contributed by atoms with van der Waals surface area (Å²) in [5, 5.41) is 12.2. The summed E-state index contributed by atoms with van der Waals surface area (Å²) in [7, 11) is 0. The van der Waals surface area contributed by atoms with Gasteiger partial charge in [0.2, 0.25) is 0 Å². The van der Waals surface area contributed by atoms with Crippen LogP contribution in [0.5, 0.6) is 0 Å². The zero-order valence-electron chi connectivity index (χ0n) is 10.8. The number of thioether (sulfide) groups is 1. The molecule has 0 saturated heterocycles. The largest absolute Gasteiger partial charge is 0.314 e. The molecule has 0 amide bonds. The first-order valence-electron chi connectivity index (χ1n) is 6.48. The zero-order chi connectivity index (χ0) is 12.1. The summed E-state index contributed by atoms with van der Waals surface area (Å²) >= 11 is 1.89. The Hall–Kier alpha value is -0.550. The smallest absolute Gasteiger partial charge is 0.147 e. The van der Waals surface area contributed by atoms with Crippen LogP contribution in [0, 0.1) is 0 Å². The van der Waals surface area contributed by atoms with Gasteiger partial charge in [0.05, 0.1) is 6.54 Å². The van der Waals surface area contributed by atoms with Crippen molar-refractivity contribution in [3.63, 3.8) is 0 Å². The Morgan fingerprint density at radius 1 is 1.41 bits per heavy atom. The number of aromatic nitrogens is 3. The van der Waals surface area contributed by atoms with Gasteiger partial charge in [0.1, 0.15) is 11.6 Å². The van der Waals surface area contributed by atoms with Crippen LogP contribution in [0.1, 0.15) is 37.8 Å². The minimum Gasteiger partial charge on any atom is -0.314 e. The molecular formula is C12H22N4S. The van der Waals surface area contributed by atoms with E-state index in [1.165, 1.54) is 25.1 Å². The van der Waals surface area contributed by atoms with Crippen molar-refractivity contribution in [1.82, 2.24) is 20.1 Å². The van der Waals surface area contributed by atoms with Crippen LogP contribution >= 0.6 is 11.8 Å². The lowest BCUT2D eigenvalue weighted by atomic mass is 10.1. The molecule has 0 aliphatic carbocycles. The topological polar surface area (TPSA) is 42.7 Å². The van der Waals surface area contributed by atoms with Crippen molar-refractivity contribution < 1.29 is 0 Å². The maximum Gasteiger partial charge on any atom is 0.147 e. The average Bonchev–Trinajstić information content (AvgIpc) is 2.78. The van der Waals surface area contributed by atoms with Gasteiger partial charge in [-0.25, -0.2) is 0 Å². The van der Waals surface area contributed by atoms with Crippen LogP contribution in [0.2, 0.25) is 0 Å². The van der Waals surface area contributed by atoms with E-state index in [4.69, 9.17) is 0 Å². The number of rotatable bonds is 6. The van der Waals surface area contributed by atoms with Gasteiger partial charge in [0.25, 0.3) is 0 Å². The fourth-order valence-corrected chi connectivity index (χ4v) is 3.01. The van der Waals surface area contributed by atoms with E-state index in [-0.39, 0.29) is 0 Å². The van der Waals surface area contributed by atoms with Gasteiger partial charge in [0.15, 0.2) is 0 Å². The van der Waals surface area contributed by atoms with Crippen molar-refractivity contribution in [2.75, 3.05) is 12.0 Å². The fraction of sp³-hybridized carbons (Fsp3) is 0.833. The summed E-state index contributed by atoms with van der Waals surface area (Å²) in [6, 6.07) is 0.585. The van der Waals surface area contributed by atoms with Crippen molar-refractivity contribution in [1.29, 1.82) is 0 Å². The number of aryl methyl sites for hydroxylation is 1. The Morgan fingerprint density at radius 2 is 2.29 bits per heavy atom. The first kappa shape index (κ1) is 12.9. The highest BCUT2D eigenvalue weighted by Gasteiger charge is 2.16. The SMILES string of the molecule is CCC(CSC)NCc1nnc2n1CCCC2. The number of hydrogen-bond donors (Lipinski definition) is 1. The molecule has 1 aromatic heterocycles. The molecule has 2 heterocycles. The van der Waals surface area contributed by atoms with Gasteiger partial charge in [-0.2, -0.15) is 11.8 Å². The van der Waals surface area contributed by atoms with Crippen LogP contribution in [-0.2, 0) is 19.5 Å².